The first-order chi connectivity index (χ1) is 26.4. The number of hydrogen-bond acceptors (Lipinski definition) is 6. The molecular formula is C48H72O5SSi2. The lowest BCUT2D eigenvalue weighted by Crippen LogP contribution is -2.69. The van der Waals surface area contributed by atoms with Crippen molar-refractivity contribution in [1.82, 2.24) is 0 Å². The molecule has 3 aromatic carbocycles. The third kappa shape index (κ3) is 13.0. The van der Waals surface area contributed by atoms with Crippen molar-refractivity contribution in [2.45, 2.75) is 136 Å². The minimum absolute atomic E-state index is 0.00831. The molecule has 56 heavy (non-hydrogen) atoms. The van der Waals surface area contributed by atoms with Crippen LogP contribution in [0, 0.1) is 0 Å². The highest BCUT2D eigenvalue weighted by Crippen LogP contribution is 2.41. The molecule has 0 heterocycles. The van der Waals surface area contributed by atoms with E-state index in [2.05, 4.69) is 185 Å². The summed E-state index contributed by atoms with van der Waals surface area (Å²) in [6.45, 7) is 27.4. The quantitative estimate of drug-likeness (QED) is 0.0657. The van der Waals surface area contributed by atoms with E-state index in [1.54, 1.807) is 11.8 Å². The van der Waals surface area contributed by atoms with E-state index >= 15 is 0 Å². The van der Waals surface area contributed by atoms with Crippen molar-refractivity contribution in [3.8, 4) is 0 Å². The number of rotatable bonds is 21. The SMILES string of the molecule is C/C=C(/C)[C@@H](C/C=C(\C)[C@@H](O[Si](c1ccccc1)(c1ccccc1)C(C)(C)C)[C@H](OCc1ccccc1)C(C/C=C(/C)CO)OCSC)O[Si](C)(C)C(C)(C)C. The van der Waals surface area contributed by atoms with E-state index in [4.69, 9.17) is 18.3 Å². The molecule has 0 aliphatic heterocycles. The highest BCUT2D eigenvalue weighted by molar-refractivity contribution is 7.98. The second-order valence-electron chi connectivity index (χ2n) is 17.6. The topological polar surface area (TPSA) is 57.2 Å². The molecule has 0 aromatic heterocycles. The molecule has 1 unspecified atom stereocenters. The molecule has 5 nitrogen and oxygen atoms in total. The second-order valence-corrected chi connectivity index (χ2v) is 27.4. The van der Waals surface area contributed by atoms with Crippen molar-refractivity contribution in [3.63, 3.8) is 0 Å². The van der Waals surface area contributed by atoms with E-state index in [0.29, 0.717) is 25.4 Å². The fourth-order valence-electron chi connectivity index (χ4n) is 6.75. The molecule has 8 heteroatoms. The van der Waals surface area contributed by atoms with Gasteiger partial charge in [0.15, 0.2) is 8.32 Å². The first-order valence-electron chi connectivity index (χ1n) is 20.2. The first kappa shape index (κ1) is 47.8. The first-order valence-corrected chi connectivity index (χ1v) is 26.4. The van der Waals surface area contributed by atoms with E-state index in [-0.39, 0.29) is 28.9 Å². The minimum Gasteiger partial charge on any atom is -0.410 e. The van der Waals surface area contributed by atoms with Crippen LogP contribution in [0.4, 0.5) is 0 Å². The molecule has 0 saturated carbocycles. The summed E-state index contributed by atoms with van der Waals surface area (Å²) in [5.74, 6) is 0.499. The van der Waals surface area contributed by atoms with E-state index < -0.39 is 28.8 Å². The Kier molecular flexibility index (Phi) is 18.8. The van der Waals surface area contributed by atoms with E-state index in [9.17, 15) is 5.11 Å². The van der Waals surface area contributed by atoms with Gasteiger partial charge in [-0.2, -0.15) is 0 Å². The number of benzene rings is 3. The highest BCUT2D eigenvalue weighted by atomic mass is 32.2. The Bertz CT molecular complexity index is 1640. The van der Waals surface area contributed by atoms with Crippen LogP contribution >= 0.6 is 11.8 Å². The molecule has 0 spiro atoms. The van der Waals surface area contributed by atoms with Crippen LogP contribution < -0.4 is 10.4 Å². The molecule has 3 aromatic rings. The Morgan fingerprint density at radius 3 is 1.71 bits per heavy atom. The van der Waals surface area contributed by atoms with Crippen molar-refractivity contribution < 1.29 is 23.4 Å². The maximum Gasteiger partial charge on any atom is 0.262 e. The van der Waals surface area contributed by atoms with Gasteiger partial charge in [0.1, 0.15) is 6.10 Å². The number of aliphatic hydroxyl groups is 1. The number of hydrogen-bond donors (Lipinski definition) is 1. The number of aliphatic hydroxyl groups excluding tert-OH is 1. The van der Waals surface area contributed by atoms with Crippen molar-refractivity contribution in [2.75, 3.05) is 18.8 Å². The van der Waals surface area contributed by atoms with Gasteiger partial charge in [-0.1, -0.05) is 156 Å². The Morgan fingerprint density at radius 1 is 0.714 bits per heavy atom. The Morgan fingerprint density at radius 2 is 1.25 bits per heavy atom. The molecule has 0 bridgehead atoms. The number of thioether (sulfide) groups is 1. The monoisotopic (exact) mass is 816 g/mol. The summed E-state index contributed by atoms with van der Waals surface area (Å²) in [4.78, 5) is 0. The van der Waals surface area contributed by atoms with Crippen molar-refractivity contribution >= 4 is 38.8 Å². The van der Waals surface area contributed by atoms with Gasteiger partial charge in [-0.15, -0.1) is 11.8 Å². The maximum atomic E-state index is 10.0. The summed E-state index contributed by atoms with van der Waals surface area (Å²) in [5, 5.41) is 12.3. The van der Waals surface area contributed by atoms with Crippen molar-refractivity contribution in [2.24, 2.45) is 0 Å². The van der Waals surface area contributed by atoms with Gasteiger partial charge in [0.2, 0.25) is 0 Å². The molecule has 3 rings (SSSR count). The number of allylic oxidation sites excluding steroid dienone is 1. The van der Waals surface area contributed by atoms with Crippen molar-refractivity contribution in [3.05, 3.63) is 132 Å². The predicted octanol–water partition coefficient (Wildman–Crippen LogP) is 11.2. The summed E-state index contributed by atoms with van der Waals surface area (Å²) in [6.07, 6.45) is 8.53. The number of ether oxygens (including phenoxy) is 2. The lowest BCUT2D eigenvalue weighted by Gasteiger charge is -2.47. The lowest BCUT2D eigenvalue weighted by atomic mass is 9.96. The van der Waals surface area contributed by atoms with Gasteiger partial charge in [0.05, 0.1) is 37.5 Å². The standard InChI is InChI=1S/C48H72O5SSi2/c1-14-38(3)43(52-55(12,13)47(5,6)7)33-31-39(4)45(53-56(48(8,9)10,41-26-20-16-21-27-41)42-28-22-17-23-29-42)46(50-35-40-24-18-15-19-25-40)44(51-36-54-11)32-30-37(2)34-49/h14-31,43-46,49H,32-36H2,1-13H3/b37-30-,38-14-,39-31+/t43-,44?,45-,46-/m1/s1. The summed E-state index contributed by atoms with van der Waals surface area (Å²) in [5.41, 5.74) is 4.30. The third-order valence-corrected chi connectivity index (χ3v) is 21.2. The summed E-state index contributed by atoms with van der Waals surface area (Å²) < 4.78 is 29.1. The normalized spacial score (nSPS) is 16.1. The van der Waals surface area contributed by atoms with Crippen LogP contribution in [0.1, 0.15) is 87.6 Å². The summed E-state index contributed by atoms with van der Waals surface area (Å²) in [7, 11) is -5.19. The predicted molar refractivity (Wildman–Crippen MR) is 246 cm³/mol. The Labute approximate surface area is 347 Å². The molecular weight excluding hydrogens is 745 g/mol. The molecule has 0 radical (unpaired) electrons. The fraction of sp³-hybridized carbons (Fsp3) is 0.500. The van der Waals surface area contributed by atoms with Crippen LogP contribution in [-0.2, 0) is 24.9 Å². The highest BCUT2D eigenvalue weighted by Gasteiger charge is 2.53. The summed E-state index contributed by atoms with van der Waals surface area (Å²) >= 11 is 1.65. The zero-order chi connectivity index (χ0) is 41.6. The largest absolute Gasteiger partial charge is 0.410 e. The summed E-state index contributed by atoms with van der Waals surface area (Å²) in [6, 6.07) is 32.0. The van der Waals surface area contributed by atoms with Gasteiger partial charge in [0.25, 0.3) is 8.32 Å². The van der Waals surface area contributed by atoms with Gasteiger partial charge >= 0.3 is 0 Å². The second kappa shape index (κ2) is 22.0. The van der Waals surface area contributed by atoms with Crippen LogP contribution in [0.5, 0.6) is 0 Å². The Balaban J connectivity index is 2.38. The fourth-order valence-corrected chi connectivity index (χ4v) is 13.1. The molecule has 4 atom stereocenters. The van der Waals surface area contributed by atoms with Gasteiger partial charge in [-0.25, -0.2) is 0 Å². The van der Waals surface area contributed by atoms with E-state index in [1.807, 2.05) is 13.0 Å². The van der Waals surface area contributed by atoms with Gasteiger partial charge in [-0.05, 0) is 97.0 Å². The Hall–Kier alpha value is -2.54. The average molecular weight is 817 g/mol. The molecule has 0 saturated heterocycles. The van der Waals surface area contributed by atoms with Crippen LogP contribution in [0.15, 0.2) is 126 Å². The minimum atomic E-state index is -3.10. The van der Waals surface area contributed by atoms with Crippen molar-refractivity contribution in [1.29, 1.82) is 0 Å². The van der Waals surface area contributed by atoms with Crippen LogP contribution in [-0.4, -0.2) is 65.0 Å². The molecule has 0 fully saturated rings. The molecule has 0 aliphatic carbocycles. The van der Waals surface area contributed by atoms with Crippen LogP contribution in [0.2, 0.25) is 23.2 Å². The average Bonchev–Trinajstić information content (AvgIpc) is 3.17. The zero-order valence-corrected chi connectivity index (χ0v) is 39.5. The van der Waals surface area contributed by atoms with E-state index in [0.717, 1.165) is 16.7 Å². The smallest absolute Gasteiger partial charge is 0.262 e. The third-order valence-electron chi connectivity index (χ3n) is 11.3. The van der Waals surface area contributed by atoms with E-state index in [1.165, 1.54) is 15.9 Å². The van der Waals surface area contributed by atoms with Gasteiger partial charge in [0, 0.05) is 0 Å². The molecule has 1 N–H and O–H groups in total. The van der Waals surface area contributed by atoms with Gasteiger partial charge in [-0.3, -0.25) is 0 Å². The molecule has 0 amide bonds. The van der Waals surface area contributed by atoms with Crippen LogP contribution in [0.3, 0.4) is 0 Å². The maximum absolute atomic E-state index is 10.0. The van der Waals surface area contributed by atoms with Gasteiger partial charge < -0.3 is 23.4 Å². The lowest BCUT2D eigenvalue weighted by molar-refractivity contribution is -0.105. The molecule has 0 aliphatic rings. The van der Waals surface area contributed by atoms with Crippen LogP contribution in [0.25, 0.3) is 0 Å². The molecule has 308 valence electrons. The zero-order valence-electron chi connectivity index (χ0n) is 36.7.